The number of benzene rings is 2. The van der Waals surface area contributed by atoms with Gasteiger partial charge in [-0.2, -0.15) is 0 Å². The molecule has 0 aliphatic carbocycles. The summed E-state index contributed by atoms with van der Waals surface area (Å²) in [6, 6.07) is 8.36. The van der Waals surface area contributed by atoms with Crippen LogP contribution in [0.15, 0.2) is 30.3 Å². The lowest BCUT2D eigenvalue weighted by atomic mass is 9.94. The summed E-state index contributed by atoms with van der Waals surface area (Å²) in [6.07, 6.45) is 4.70. The minimum Gasteiger partial charge on any atom is -0.507 e. The van der Waals surface area contributed by atoms with Crippen molar-refractivity contribution in [2.24, 2.45) is 0 Å². The molecule has 29 heavy (non-hydrogen) atoms. The molecule has 0 unspecified atom stereocenters. The second-order valence-corrected chi connectivity index (χ2v) is 7.18. The van der Waals surface area contributed by atoms with Crippen molar-refractivity contribution in [2.45, 2.75) is 45.4 Å². The van der Waals surface area contributed by atoms with E-state index in [0.717, 1.165) is 18.4 Å². The highest BCUT2D eigenvalue weighted by atomic mass is 16.5. The summed E-state index contributed by atoms with van der Waals surface area (Å²) in [5.74, 6) is -0.768. The average Bonchev–Trinajstić information content (AvgIpc) is 3.16. The predicted octanol–water partition coefficient (Wildman–Crippen LogP) is 4.14. The number of aromatic hydroxyl groups is 1. The fourth-order valence-corrected chi connectivity index (χ4v) is 3.46. The summed E-state index contributed by atoms with van der Waals surface area (Å²) in [7, 11) is 0. The van der Waals surface area contributed by atoms with E-state index >= 15 is 0 Å². The number of phenolic OH excluding ortho intramolecular Hbond substituents is 1. The first kappa shape index (κ1) is 20.7. The standard InChI is InChI=1S/C23H26O6/c1-2-3-4-5-11-28-18-8-6-15(7-9-18)21(26)20-22(27)17(14-19(24)25)13-16-10-12-29-23(16)20/h6-9,13,27H,2-5,10-12,14H2,1H3,(H,24,25). The van der Waals surface area contributed by atoms with Gasteiger partial charge >= 0.3 is 5.97 Å². The minimum absolute atomic E-state index is 0.0319. The van der Waals surface area contributed by atoms with E-state index in [4.69, 9.17) is 14.6 Å². The molecule has 0 radical (unpaired) electrons. The van der Waals surface area contributed by atoms with Crippen LogP contribution >= 0.6 is 0 Å². The van der Waals surface area contributed by atoms with Gasteiger partial charge in [0.1, 0.15) is 22.8 Å². The third-order valence-electron chi connectivity index (χ3n) is 4.98. The van der Waals surface area contributed by atoms with E-state index in [9.17, 15) is 14.7 Å². The lowest BCUT2D eigenvalue weighted by molar-refractivity contribution is -0.136. The Bertz CT molecular complexity index is 885. The quantitative estimate of drug-likeness (QED) is 0.461. The van der Waals surface area contributed by atoms with Crippen LogP contribution in [0.25, 0.3) is 0 Å². The van der Waals surface area contributed by atoms with Crippen LogP contribution < -0.4 is 9.47 Å². The first-order chi connectivity index (χ1) is 14.0. The van der Waals surface area contributed by atoms with Crippen molar-refractivity contribution in [2.75, 3.05) is 13.2 Å². The topological polar surface area (TPSA) is 93.1 Å². The van der Waals surface area contributed by atoms with E-state index in [2.05, 4.69) is 6.92 Å². The zero-order valence-electron chi connectivity index (χ0n) is 16.6. The molecule has 0 aromatic heterocycles. The highest BCUT2D eigenvalue weighted by Crippen LogP contribution is 2.40. The summed E-state index contributed by atoms with van der Waals surface area (Å²) in [6.45, 7) is 3.19. The normalized spacial score (nSPS) is 12.3. The molecule has 1 heterocycles. The number of carboxylic acids is 1. The lowest BCUT2D eigenvalue weighted by Gasteiger charge is -2.13. The van der Waals surface area contributed by atoms with Gasteiger partial charge in [0.05, 0.1) is 19.6 Å². The maximum absolute atomic E-state index is 13.1. The number of phenols is 1. The van der Waals surface area contributed by atoms with E-state index < -0.39 is 11.8 Å². The number of aliphatic carboxylic acids is 1. The number of hydrogen-bond donors (Lipinski definition) is 2. The molecule has 154 valence electrons. The Hall–Kier alpha value is -3.02. The number of fused-ring (bicyclic) bond motifs is 1. The van der Waals surface area contributed by atoms with Gasteiger partial charge in [-0.05, 0) is 42.3 Å². The highest BCUT2D eigenvalue weighted by Gasteiger charge is 2.28. The molecule has 6 nitrogen and oxygen atoms in total. The molecule has 0 saturated heterocycles. The Morgan fingerprint density at radius 2 is 1.90 bits per heavy atom. The number of carbonyl (C=O) groups excluding carboxylic acids is 1. The Morgan fingerprint density at radius 1 is 1.14 bits per heavy atom. The number of hydrogen-bond acceptors (Lipinski definition) is 5. The summed E-state index contributed by atoms with van der Waals surface area (Å²) in [5, 5.41) is 19.7. The number of unbranched alkanes of at least 4 members (excludes halogenated alkanes) is 3. The van der Waals surface area contributed by atoms with Crippen LogP contribution in [-0.4, -0.2) is 35.2 Å². The largest absolute Gasteiger partial charge is 0.507 e. The Balaban J connectivity index is 1.79. The summed E-state index contributed by atoms with van der Waals surface area (Å²) < 4.78 is 11.3. The summed E-state index contributed by atoms with van der Waals surface area (Å²) >= 11 is 0. The van der Waals surface area contributed by atoms with Gasteiger partial charge in [-0.3, -0.25) is 9.59 Å². The Labute approximate surface area is 170 Å². The maximum Gasteiger partial charge on any atom is 0.307 e. The van der Waals surface area contributed by atoms with E-state index in [-0.39, 0.29) is 23.3 Å². The van der Waals surface area contributed by atoms with Gasteiger partial charge in [0.25, 0.3) is 0 Å². The van der Waals surface area contributed by atoms with Crippen LogP contribution in [0, 0.1) is 0 Å². The summed E-state index contributed by atoms with van der Waals surface area (Å²) in [4.78, 5) is 24.2. The van der Waals surface area contributed by atoms with Crippen molar-refractivity contribution in [3.8, 4) is 17.2 Å². The van der Waals surface area contributed by atoms with Gasteiger partial charge in [-0.25, -0.2) is 0 Å². The molecular weight excluding hydrogens is 372 g/mol. The number of ketones is 1. The molecule has 3 rings (SSSR count). The molecule has 0 atom stereocenters. The Kier molecular flexibility index (Phi) is 6.75. The molecule has 0 spiro atoms. The summed E-state index contributed by atoms with van der Waals surface area (Å²) in [5.41, 5.74) is 1.37. The molecule has 1 aliphatic heterocycles. The fourth-order valence-electron chi connectivity index (χ4n) is 3.46. The molecule has 2 aromatic carbocycles. The van der Waals surface area contributed by atoms with Crippen LogP contribution in [0.1, 0.15) is 59.7 Å². The van der Waals surface area contributed by atoms with Gasteiger partial charge < -0.3 is 19.7 Å². The molecule has 0 fully saturated rings. The fraction of sp³-hybridized carbons (Fsp3) is 0.391. The van der Waals surface area contributed by atoms with Crippen LogP contribution in [-0.2, 0) is 17.6 Å². The molecule has 0 bridgehead atoms. The number of ether oxygens (including phenoxy) is 2. The molecule has 2 aromatic rings. The third-order valence-corrected chi connectivity index (χ3v) is 4.98. The first-order valence-corrected chi connectivity index (χ1v) is 10.0. The van der Waals surface area contributed by atoms with E-state index in [1.165, 1.54) is 12.8 Å². The van der Waals surface area contributed by atoms with E-state index in [1.807, 2.05) is 0 Å². The SMILES string of the molecule is CCCCCCOc1ccc(C(=O)c2c(O)c(CC(=O)O)cc3c2OCC3)cc1. The van der Waals surface area contributed by atoms with Crippen LogP contribution in [0.3, 0.4) is 0 Å². The zero-order chi connectivity index (χ0) is 20.8. The second-order valence-electron chi connectivity index (χ2n) is 7.18. The molecular formula is C23H26O6. The van der Waals surface area contributed by atoms with Crippen molar-refractivity contribution in [3.05, 3.63) is 52.6 Å². The van der Waals surface area contributed by atoms with Crippen molar-refractivity contribution >= 4 is 11.8 Å². The second kappa shape index (κ2) is 9.45. The molecule has 2 N–H and O–H groups in total. The number of carboxylic acid groups (broad SMARTS) is 1. The van der Waals surface area contributed by atoms with Gasteiger partial charge in [0, 0.05) is 17.5 Å². The van der Waals surface area contributed by atoms with Crippen LogP contribution in [0.4, 0.5) is 0 Å². The number of rotatable bonds is 10. The van der Waals surface area contributed by atoms with E-state index in [0.29, 0.717) is 36.7 Å². The Morgan fingerprint density at radius 3 is 2.59 bits per heavy atom. The molecule has 0 saturated carbocycles. The van der Waals surface area contributed by atoms with Gasteiger partial charge in [0.2, 0.25) is 5.78 Å². The molecule has 0 amide bonds. The third kappa shape index (κ3) is 4.88. The monoisotopic (exact) mass is 398 g/mol. The molecule has 6 heteroatoms. The average molecular weight is 398 g/mol. The maximum atomic E-state index is 13.1. The zero-order valence-corrected chi connectivity index (χ0v) is 16.6. The van der Waals surface area contributed by atoms with Crippen molar-refractivity contribution in [1.82, 2.24) is 0 Å². The van der Waals surface area contributed by atoms with Gasteiger partial charge in [-0.1, -0.05) is 26.2 Å². The van der Waals surface area contributed by atoms with Gasteiger partial charge in [0.15, 0.2) is 0 Å². The lowest BCUT2D eigenvalue weighted by Crippen LogP contribution is -2.08. The minimum atomic E-state index is -1.07. The van der Waals surface area contributed by atoms with Crippen molar-refractivity contribution < 1.29 is 29.3 Å². The first-order valence-electron chi connectivity index (χ1n) is 10.0. The van der Waals surface area contributed by atoms with Crippen LogP contribution in [0.5, 0.6) is 17.2 Å². The highest BCUT2D eigenvalue weighted by molar-refractivity contribution is 6.13. The van der Waals surface area contributed by atoms with E-state index in [1.54, 1.807) is 30.3 Å². The van der Waals surface area contributed by atoms with Gasteiger partial charge in [-0.15, -0.1) is 0 Å². The number of carbonyl (C=O) groups is 2. The van der Waals surface area contributed by atoms with Crippen LogP contribution in [0.2, 0.25) is 0 Å². The van der Waals surface area contributed by atoms with Crippen molar-refractivity contribution in [3.63, 3.8) is 0 Å². The molecule has 1 aliphatic rings. The smallest absolute Gasteiger partial charge is 0.307 e. The van der Waals surface area contributed by atoms with Crippen molar-refractivity contribution in [1.29, 1.82) is 0 Å². The predicted molar refractivity (Wildman–Crippen MR) is 108 cm³/mol.